The van der Waals surface area contributed by atoms with E-state index >= 15 is 0 Å². The molecule has 2 aromatic rings. The molecule has 1 aliphatic heterocycles. The van der Waals surface area contributed by atoms with E-state index in [1.54, 1.807) is 18.9 Å². The highest BCUT2D eigenvalue weighted by Gasteiger charge is 2.33. The number of methoxy groups -OCH3 is 1. The maximum absolute atomic E-state index is 12.9. The number of amides is 1. The molecular formula is C19H21NO2S. The van der Waals surface area contributed by atoms with Crippen molar-refractivity contribution < 1.29 is 9.53 Å². The fourth-order valence-electron chi connectivity index (χ4n) is 3.01. The SMILES string of the molecule is COc1ccc(S[C@H](C)C(=O)N2c3ccccc3C[C@H]2C)cc1. The van der Waals surface area contributed by atoms with Crippen LogP contribution in [0, 0.1) is 0 Å². The Kier molecular flexibility index (Phi) is 4.62. The van der Waals surface area contributed by atoms with Gasteiger partial charge in [0.05, 0.1) is 12.4 Å². The van der Waals surface area contributed by atoms with Gasteiger partial charge in [0, 0.05) is 16.6 Å². The van der Waals surface area contributed by atoms with Crippen molar-refractivity contribution in [1.29, 1.82) is 0 Å². The van der Waals surface area contributed by atoms with Gasteiger partial charge < -0.3 is 9.64 Å². The van der Waals surface area contributed by atoms with Crippen LogP contribution in [0.4, 0.5) is 5.69 Å². The van der Waals surface area contributed by atoms with Crippen molar-refractivity contribution in [3.63, 3.8) is 0 Å². The summed E-state index contributed by atoms with van der Waals surface area (Å²) >= 11 is 1.59. The second kappa shape index (κ2) is 6.67. The molecule has 4 heteroatoms. The monoisotopic (exact) mass is 327 g/mol. The van der Waals surface area contributed by atoms with Gasteiger partial charge in [0.15, 0.2) is 0 Å². The molecule has 2 aromatic carbocycles. The summed E-state index contributed by atoms with van der Waals surface area (Å²) in [5.41, 5.74) is 2.32. The summed E-state index contributed by atoms with van der Waals surface area (Å²) < 4.78 is 5.17. The first-order valence-corrected chi connectivity index (χ1v) is 8.70. The predicted molar refractivity (Wildman–Crippen MR) is 95.4 cm³/mol. The van der Waals surface area contributed by atoms with Crippen LogP contribution in [-0.2, 0) is 11.2 Å². The molecule has 0 saturated carbocycles. The van der Waals surface area contributed by atoms with E-state index in [9.17, 15) is 4.79 Å². The lowest BCUT2D eigenvalue weighted by Crippen LogP contribution is -2.40. The summed E-state index contributed by atoms with van der Waals surface area (Å²) in [7, 11) is 1.65. The highest BCUT2D eigenvalue weighted by molar-refractivity contribution is 8.00. The minimum absolute atomic E-state index is 0.128. The average molecular weight is 327 g/mol. The molecule has 2 atom stereocenters. The third-order valence-electron chi connectivity index (χ3n) is 4.16. The van der Waals surface area contributed by atoms with Gasteiger partial charge in [-0.2, -0.15) is 0 Å². The molecule has 0 fully saturated rings. The maximum atomic E-state index is 12.9. The Morgan fingerprint density at radius 3 is 2.61 bits per heavy atom. The van der Waals surface area contributed by atoms with Crippen LogP contribution in [0.15, 0.2) is 53.4 Å². The molecule has 1 aliphatic rings. The highest BCUT2D eigenvalue weighted by atomic mass is 32.2. The van der Waals surface area contributed by atoms with E-state index in [1.807, 2.05) is 54.3 Å². The first kappa shape index (κ1) is 15.9. The number of carbonyl (C=O) groups excluding carboxylic acids is 1. The average Bonchev–Trinajstić information content (AvgIpc) is 2.90. The van der Waals surface area contributed by atoms with Crippen LogP contribution in [0.2, 0.25) is 0 Å². The van der Waals surface area contributed by atoms with E-state index in [4.69, 9.17) is 4.74 Å². The number of nitrogens with zero attached hydrogens (tertiary/aromatic N) is 1. The number of fused-ring (bicyclic) bond motifs is 1. The molecule has 0 aromatic heterocycles. The van der Waals surface area contributed by atoms with Crippen molar-refractivity contribution >= 4 is 23.4 Å². The van der Waals surface area contributed by atoms with Gasteiger partial charge in [-0.25, -0.2) is 0 Å². The molecule has 23 heavy (non-hydrogen) atoms. The van der Waals surface area contributed by atoms with Gasteiger partial charge in [0.25, 0.3) is 0 Å². The fourth-order valence-corrected chi connectivity index (χ4v) is 3.92. The summed E-state index contributed by atoms with van der Waals surface area (Å²) in [6.45, 7) is 4.09. The molecule has 1 heterocycles. The molecule has 3 nitrogen and oxygen atoms in total. The number of ether oxygens (including phenoxy) is 1. The van der Waals surface area contributed by atoms with Gasteiger partial charge in [-0.05, 0) is 56.2 Å². The second-order valence-corrected chi connectivity index (χ2v) is 7.24. The Labute approximate surface area is 141 Å². The quantitative estimate of drug-likeness (QED) is 0.790. The van der Waals surface area contributed by atoms with Crippen LogP contribution >= 0.6 is 11.8 Å². The molecular weight excluding hydrogens is 306 g/mol. The number of thioether (sulfide) groups is 1. The van der Waals surface area contributed by atoms with Crippen molar-refractivity contribution in [2.24, 2.45) is 0 Å². The van der Waals surface area contributed by atoms with E-state index in [0.717, 1.165) is 22.8 Å². The van der Waals surface area contributed by atoms with Crippen molar-refractivity contribution in [2.45, 2.75) is 36.5 Å². The number of hydrogen-bond acceptors (Lipinski definition) is 3. The summed E-state index contributed by atoms with van der Waals surface area (Å²) in [5.74, 6) is 0.999. The lowest BCUT2D eigenvalue weighted by Gasteiger charge is -2.26. The van der Waals surface area contributed by atoms with E-state index in [1.165, 1.54) is 5.56 Å². The third kappa shape index (κ3) is 3.22. The Morgan fingerprint density at radius 1 is 1.22 bits per heavy atom. The minimum Gasteiger partial charge on any atom is -0.497 e. The molecule has 0 N–H and O–H groups in total. The lowest BCUT2D eigenvalue weighted by atomic mass is 10.1. The lowest BCUT2D eigenvalue weighted by molar-refractivity contribution is -0.118. The van der Waals surface area contributed by atoms with Gasteiger partial charge in [-0.1, -0.05) is 18.2 Å². The van der Waals surface area contributed by atoms with Crippen LogP contribution < -0.4 is 9.64 Å². The summed E-state index contributed by atoms with van der Waals surface area (Å²) in [6.07, 6.45) is 0.932. The Hall–Kier alpha value is -1.94. The number of benzene rings is 2. The Balaban J connectivity index is 1.74. The van der Waals surface area contributed by atoms with Crippen LogP contribution in [-0.4, -0.2) is 24.3 Å². The zero-order chi connectivity index (χ0) is 16.4. The largest absolute Gasteiger partial charge is 0.497 e. The summed E-state index contributed by atoms with van der Waals surface area (Å²) in [5, 5.41) is -0.128. The minimum atomic E-state index is -0.128. The van der Waals surface area contributed by atoms with Crippen LogP contribution in [0.5, 0.6) is 5.75 Å². The van der Waals surface area contributed by atoms with E-state index in [0.29, 0.717) is 0 Å². The molecule has 0 unspecified atom stereocenters. The maximum Gasteiger partial charge on any atom is 0.240 e. The molecule has 0 aliphatic carbocycles. The standard InChI is InChI=1S/C19H21NO2S/c1-13-12-15-6-4-5-7-18(15)20(13)19(21)14(2)23-17-10-8-16(22-3)9-11-17/h4-11,13-14H,12H2,1-3H3/t13-,14-/m1/s1. The van der Waals surface area contributed by atoms with Crippen molar-refractivity contribution in [3.8, 4) is 5.75 Å². The Bertz CT molecular complexity index is 699. The third-order valence-corrected chi connectivity index (χ3v) is 5.26. The van der Waals surface area contributed by atoms with E-state index < -0.39 is 0 Å². The number of carbonyl (C=O) groups is 1. The zero-order valence-corrected chi connectivity index (χ0v) is 14.5. The molecule has 120 valence electrons. The van der Waals surface area contributed by atoms with Crippen molar-refractivity contribution in [3.05, 3.63) is 54.1 Å². The van der Waals surface area contributed by atoms with Gasteiger partial charge >= 0.3 is 0 Å². The van der Waals surface area contributed by atoms with E-state index in [-0.39, 0.29) is 17.2 Å². The Morgan fingerprint density at radius 2 is 1.91 bits per heavy atom. The van der Waals surface area contributed by atoms with Crippen LogP contribution in [0.3, 0.4) is 0 Å². The fraction of sp³-hybridized carbons (Fsp3) is 0.316. The molecule has 0 radical (unpaired) electrons. The first-order valence-electron chi connectivity index (χ1n) is 7.82. The summed E-state index contributed by atoms with van der Waals surface area (Å²) in [6, 6.07) is 16.2. The molecule has 0 saturated heterocycles. The van der Waals surface area contributed by atoms with Gasteiger partial charge in [-0.3, -0.25) is 4.79 Å². The van der Waals surface area contributed by atoms with Gasteiger partial charge in [0.2, 0.25) is 5.91 Å². The van der Waals surface area contributed by atoms with Gasteiger partial charge in [0.1, 0.15) is 5.75 Å². The number of anilines is 1. The number of para-hydroxylation sites is 1. The van der Waals surface area contributed by atoms with Crippen LogP contribution in [0.25, 0.3) is 0 Å². The predicted octanol–water partition coefficient (Wildman–Crippen LogP) is 4.15. The topological polar surface area (TPSA) is 29.5 Å². The zero-order valence-electron chi connectivity index (χ0n) is 13.7. The van der Waals surface area contributed by atoms with Crippen molar-refractivity contribution in [1.82, 2.24) is 0 Å². The normalized spacial score (nSPS) is 17.7. The second-order valence-electron chi connectivity index (χ2n) is 5.83. The molecule has 1 amide bonds. The molecule has 3 rings (SSSR count). The molecule has 0 spiro atoms. The van der Waals surface area contributed by atoms with Crippen LogP contribution in [0.1, 0.15) is 19.4 Å². The number of rotatable bonds is 4. The molecule has 0 bridgehead atoms. The summed E-state index contributed by atoms with van der Waals surface area (Å²) in [4.78, 5) is 16.0. The van der Waals surface area contributed by atoms with E-state index in [2.05, 4.69) is 13.0 Å². The first-order chi connectivity index (χ1) is 11.1. The van der Waals surface area contributed by atoms with Crippen molar-refractivity contribution in [2.75, 3.05) is 12.0 Å². The number of hydrogen-bond donors (Lipinski definition) is 0. The smallest absolute Gasteiger partial charge is 0.240 e. The highest BCUT2D eigenvalue weighted by Crippen LogP contribution is 2.35. The van der Waals surface area contributed by atoms with Gasteiger partial charge in [-0.15, -0.1) is 11.8 Å².